The summed E-state index contributed by atoms with van der Waals surface area (Å²) < 4.78 is 0. The molecule has 4 amide bonds. The lowest BCUT2D eigenvalue weighted by Gasteiger charge is -2.28. The molecule has 2 aliphatic heterocycles. The van der Waals surface area contributed by atoms with E-state index in [2.05, 4.69) is 16.0 Å². The Morgan fingerprint density at radius 3 is 1.97 bits per heavy atom. The van der Waals surface area contributed by atoms with E-state index in [0.29, 0.717) is 38.9 Å². The van der Waals surface area contributed by atoms with Crippen LogP contribution in [0.25, 0.3) is 0 Å². The Hall–Kier alpha value is -5.09. The number of alkyl halides is 1. The molecule has 0 aromatic heterocycles. The zero-order chi connectivity index (χ0) is 45.2. The minimum atomic E-state index is -1.52. The molecule has 0 spiro atoms. The number of halogens is 1. The van der Waals surface area contributed by atoms with E-state index >= 15 is 0 Å². The zero-order valence-corrected chi connectivity index (χ0v) is 36.8. The van der Waals surface area contributed by atoms with Gasteiger partial charge in [0.15, 0.2) is 0 Å². The third kappa shape index (κ3) is 12.3. The van der Waals surface area contributed by atoms with Gasteiger partial charge in [-0.2, -0.15) is 0 Å². The summed E-state index contributed by atoms with van der Waals surface area (Å²) in [7, 11) is -0.735. The lowest BCUT2D eigenvalue weighted by Crippen LogP contribution is -2.50. The van der Waals surface area contributed by atoms with Gasteiger partial charge in [0.2, 0.25) is 17.7 Å². The number of nitrogens with one attached hydrogen (secondary N) is 3. The second kappa shape index (κ2) is 22.0. The Morgan fingerprint density at radius 2 is 1.35 bits per heavy atom. The minimum absolute atomic E-state index is 0.125. The predicted octanol–water partition coefficient (Wildman–Crippen LogP) is 3.36. The molecule has 7 N–H and O–H groups in total. The van der Waals surface area contributed by atoms with Crippen molar-refractivity contribution < 1.29 is 39.5 Å². The number of aliphatic hydroxyl groups is 3. The maximum Gasteiger partial charge on any atom is 0.377 e. The Labute approximate surface area is 375 Å². The Bertz CT molecular complexity index is 2200. The highest BCUT2D eigenvalue weighted by Gasteiger charge is 2.42. The molecule has 63 heavy (non-hydrogen) atoms. The second-order valence-electron chi connectivity index (χ2n) is 17.0. The molecule has 3 aliphatic rings. The maximum atomic E-state index is 13.7. The van der Waals surface area contributed by atoms with Gasteiger partial charge in [0.05, 0.1) is 29.7 Å². The molecule has 4 aromatic carbocycles. The number of aliphatic hydroxyl groups excluding tert-OH is 3. The van der Waals surface area contributed by atoms with Crippen molar-refractivity contribution in [2.24, 2.45) is 5.92 Å². The van der Waals surface area contributed by atoms with Crippen LogP contribution in [-0.4, -0.2) is 110 Å². The van der Waals surface area contributed by atoms with Crippen LogP contribution in [0.1, 0.15) is 64.2 Å². The molecule has 1 aliphatic carbocycles. The van der Waals surface area contributed by atoms with Crippen molar-refractivity contribution >= 4 is 42.3 Å². The van der Waals surface area contributed by atoms with Crippen LogP contribution in [0.2, 0.25) is 6.82 Å². The smallest absolute Gasteiger partial charge is 0.377 e. The number of carbonyl (C=O) groups is 4. The second-order valence-corrected chi connectivity index (χ2v) is 17.6. The normalized spacial score (nSPS) is 22.6. The van der Waals surface area contributed by atoms with Crippen molar-refractivity contribution in [2.45, 2.75) is 108 Å². The largest absolute Gasteiger partial charge is 0.437 e. The van der Waals surface area contributed by atoms with E-state index in [1.807, 2.05) is 117 Å². The zero-order valence-electron chi connectivity index (χ0n) is 36.1. The van der Waals surface area contributed by atoms with Gasteiger partial charge >= 0.3 is 7.05 Å². The van der Waals surface area contributed by atoms with E-state index in [1.54, 1.807) is 11.6 Å². The molecule has 15 heteroatoms. The number of carbonyl (C=O) groups excluding carboxylic acids is 4. The average Bonchev–Trinajstić information content (AvgIpc) is 3.96. The number of amides is 4. The van der Waals surface area contributed by atoms with Gasteiger partial charge in [-0.1, -0.05) is 103 Å². The summed E-state index contributed by atoms with van der Waals surface area (Å²) in [6.45, 7) is 6.82. The molecule has 2 fully saturated rings. The maximum absolute atomic E-state index is 13.7. The van der Waals surface area contributed by atoms with Crippen LogP contribution in [0.15, 0.2) is 103 Å². The summed E-state index contributed by atoms with van der Waals surface area (Å²) in [6.07, 6.45) is -1.63. The van der Waals surface area contributed by atoms with Gasteiger partial charge in [0.1, 0.15) is 12.1 Å². The van der Waals surface area contributed by atoms with Gasteiger partial charge in [-0.3, -0.25) is 19.2 Å². The highest BCUT2D eigenvalue weighted by Crippen LogP contribution is 2.32. The first kappa shape index (κ1) is 47.4. The summed E-state index contributed by atoms with van der Waals surface area (Å²) in [5.74, 6) is -2.23. The molecule has 13 nitrogen and oxygen atoms in total. The van der Waals surface area contributed by atoms with Crippen LogP contribution in [0.3, 0.4) is 0 Å². The Morgan fingerprint density at radius 1 is 0.778 bits per heavy atom. The van der Waals surface area contributed by atoms with Gasteiger partial charge in [-0.15, -0.1) is 11.6 Å². The van der Waals surface area contributed by atoms with E-state index in [9.17, 15) is 39.5 Å². The van der Waals surface area contributed by atoms with Crippen LogP contribution in [-0.2, 0) is 45.1 Å². The summed E-state index contributed by atoms with van der Waals surface area (Å²) >= 11 is 6.41. The molecule has 0 radical (unpaired) electrons. The van der Waals surface area contributed by atoms with Gasteiger partial charge < -0.3 is 46.0 Å². The number of fused-ring (bicyclic) bond motifs is 1. The SMILES string of the molecule is CB(O)N1C[C@H](O)C[C@H]1C(=O)NCc1ccccc1C.Cc1ccccc1CNC(=O)[C@@H]1C[C@H](Cl)CN1C(=O)[C@@H](O)C[C@@H](Cc1ccccc1)C(=O)N[C@H]1c2ccccc2C[C@H]1O. The van der Waals surface area contributed by atoms with Crippen LogP contribution in [0.5, 0.6) is 0 Å². The number of hydrogen-bond acceptors (Lipinski definition) is 9. The molecule has 4 aromatic rings. The van der Waals surface area contributed by atoms with Crippen molar-refractivity contribution in [3.63, 3.8) is 0 Å². The third-order valence-electron chi connectivity index (χ3n) is 12.4. The molecule has 0 bridgehead atoms. The van der Waals surface area contributed by atoms with Crippen molar-refractivity contribution in [3.8, 4) is 0 Å². The first-order chi connectivity index (χ1) is 30.2. The fraction of sp³-hybridized carbons (Fsp3) is 0.417. The van der Waals surface area contributed by atoms with Crippen LogP contribution in [0, 0.1) is 19.8 Å². The highest BCUT2D eigenvalue weighted by molar-refractivity contribution is 6.45. The number of β-amino-alcohol motifs (C(OH)–C–C–N with tert-alkyl or cyclic N) is 1. The number of aryl methyl sites for hydroxylation is 2. The first-order valence-electron chi connectivity index (χ1n) is 21.7. The molecular weight excluding hydrogens is 821 g/mol. The number of hydrogen-bond donors (Lipinski definition) is 7. The minimum Gasteiger partial charge on any atom is -0.437 e. The standard InChI is InChI=1S/C34H38ClN3O5.C14H21BN2O3/c1-21-9-5-6-13-24(21)19-36-33(42)28-18-26(35)20-38(28)34(43)30(40)17-25(15-22-10-3-2-4-11-22)32(41)37-31-27-14-8-7-12-23(27)16-29(31)39;1-10-5-3-4-6-11(10)8-16-14(19)13-7-12(18)9-17(13)15(2)20/h2-14,25-26,28-31,39-40H,15-20H2,1H3,(H,36,42)(H,37,41);3-6,12-13,18,20H,7-9H2,1-2H3,(H,16,19)/t25-,26+,28+,29-,30+,31+;12-,13+/m11/s1. The summed E-state index contributed by atoms with van der Waals surface area (Å²) in [4.78, 5) is 55.6. The lowest BCUT2D eigenvalue weighted by molar-refractivity contribution is -0.146. The topological polar surface area (TPSA) is 192 Å². The number of likely N-dealkylation sites (tertiary alicyclic amines) is 1. The quantitative estimate of drug-likeness (QED) is 0.0736. The lowest BCUT2D eigenvalue weighted by atomic mass is 9.84. The molecule has 2 saturated heterocycles. The van der Waals surface area contributed by atoms with Gasteiger partial charge in [0.25, 0.3) is 5.91 Å². The molecule has 334 valence electrons. The summed E-state index contributed by atoms with van der Waals surface area (Å²) in [6, 6.07) is 30.7. The van der Waals surface area contributed by atoms with Crippen molar-refractivity contribution in [1.29, 1.82) is 0 Å². The van der Waals surface area contributed by atoms with Gasteiger partial charge in [0, 0.05) is 38.5 Å². The van der Waals surface area contributed by atoms with E-state index in [-0.39, 0.29) is 37.1 Å². The number of benzene rings is 4. The molecular formula is C48H59BClN5O8. The first-order valence-corrected chi connectivity index (χ1v) is 22.1. The van der Waals surface area contributed by atoms with Crippen molar-refractivity contribution in [2.75, 3.05) is 13.1 Å². The van der Waals surface area contributed by atoms with Crippen LogP contribution < -0.4 is 16.0 Å². The van der Waals surface area contributed by atoms with E-state index in [4.69, 9.17) is 11.6 Å². The van der Waals surface area contributed by atoms with Crippen LogP contribution in [0.4, 0.5) is 0 Å². The van der Waals surface area contributed by atoms with Gasteiger partial charge in [-0.25, -0.2) is 0 Å². The van der Waals surface area contributed by atoms with Gasteiger partial charge in [-0.05, 0) is 85.3 Å². The molecule has 2 heterocycles. The van der Waals surface area contributed by atoms with E-state index < -0.39 is 60.7 Å². The predicted molar refractivity (Wildman–Crippen MR) is 242 cm³/mol. The van der Waals surface area contributed by atoms with E-state index in [0.717, 1.165) is 38.9 Å². The molecule has 0 saturated carbocycles. The molecule has 8 atom stereocenters. The third-order valence-corrected chi connectivity index (χ3v) is 12.7. The van der Waals surface area contributed by atoms with E-state index in [1.165, 1.54) is 4.90 Å². The van der Waals surface area contributed by atoms with Crippen molar-refractivity contribution in [3.05, 3.63) is 142 Å². The Kier molecular flexibility index (Phi) is 16.6. The fourth-order valence-electron chi connectivity index (χ4n) is 8.77. The number of nitrogens with zero attached hydrogens (tertiary/aromatic N) is 2. The summed E-state index contributed by atoms with van der Waals surface area (Å²) in [5, 5.41) is 49.5. The number of rotatable bonds is 14. The monoisotopic (exact) mass is 879 g/mol. The van der Waals surface area contributed by atoms with Crippen LogP contribution >= 0.6 is 11.6 Å². The fourth-order valence-corrected chi connectivity index (χ4v) is 9.08. The summed E-state index contributed by atoms with van der Waals surface area (Å²) in [5.41, 5.74) is 6.94. The van der Waals surface area contributed by atoms with Crippen molar-refractivity contribution in [1.82, 2.24) is 25.7 Å². The molecule has 7 rings (SSSR count). The Balaban J connectivity index is 0.000000276. The average molecular weight is 880 g/mol. The molecule has 0 unspecified atom stereocenters. The highest BCUT2D eigenvalue weighted by atomic mass is 35.5.